The summed E-state index contributed by atoms with van der Waals surface area (Å²) in [6.07, 6.45) is 4.44. The highest BCUT2D eigenvalue weighted by Crippen LogP contribution is 2.32. The number of Topliss-reactive ketones (excluding diaryl/α,β-unsaturated/α-hetero) is 3. The van der Waals surface area contributed by atoms with E-state index < -0.39 is 0 Å². The average molecular weight is 352 g/mol. The Morgan fingerprint density at radius 3 is 2.19 bits per heavy atom. The van der Waals surface area contributed by atoms with Gasteiger partial charge >= 0.3 is 0 Å². The molecule has 0 saturated carbocycles. The minimum Gasteiger partial charge on any atom is -0.364 e. The van der Waals surface area contributed by atoms with Gasteiger partial charge in [0.2, 0.25) is 0 Å². The highest BCUT2D eigenvalue weighted by Gasteiger charge is 2.16. The van der Waals surface area contributed by atoms with Gasteiger partial charge in [-0.25, -0.2) is 0 Å². The molecule has 0 atom stereocenters. The molecule has 1 aromatic carbocycles. The molecule has 3 rings (SSSR count). The lowest BCUT2D eigenvalue weighted by atomic mass is 10.0. The van der Waals surface area contributed by atoms with Crippen LogP contribution in [0.3, 0.4) is 0 Å². The van der Waals surface area contributed by atoms with Crippen molar-refractivity contribution in [3.05, 3.63) is 47.9 Å². The Balaban J connectivity index is 0.000000260. The minimum atomic E-state index is -0.0446. The van der Waals surface area contributed by atoms with E-state index in [1.54, 1.807) is 13.8 Å². The summed E-state index contributed by atoms with van der Waals surface area (Å²) in [5.41, 5.74) is 4.82. The summed E-state index contributed by atoms with van der Waals surface area (Å²) in [4.78, 5) is 38.7. The normalized spacial score (nSPS) is 10.3. The van der Waals surface area contributed by atoms with Crippen molar-refractivity contribution in [2.75, 3.05) is 0 Å². The second kappa shape index (κ2) is 8.43. The summed E-state index contributed by atoms with van der Waals surface area (Å²) in [6, 6.07) is 8.10. The van der Waals surface area contributed by atoms with Crippen molar-refractivity contribution < 1.29 is 14.4 Å². The Bertz CT molecular complexity index is 947. The topological polar surface area (TPSA) is 82.8 Å². The van der Waals surface area contributed by atoms with Crippen LogP contribution < -0.4 is 0 Å². The van der Waals surface area contributed by atoms with Crippen molar-refractivity contribution in [2.45, 2.75) is 40.5 Å². The summed E-state index contributed by atoms with van der Waals surface area (Å²) in [5, 5.41) is 1.14. The van der Waals surface area contributed by atoms with Crippen molar-refractivity contribution in [3.8, 4) is 11.1 Å². The van der Waals surface area contributed by atoms with E-state index in [0.717, 1.165) is 33.3 Å². The van der Waals surface area contributed by atoms with Gasteiger partial charge < -0.3 is 9.97 Å². The van der Waals surface area contributed by atoms with Crippen molar-refractivity contribution in [1.82, 2.24) is 9.97 Å². The Kier molecular flexibility index (Phi) is 6.28. The number of fused-ring (bicyclic) bond motifs is 1. The Morgan fingerprint density at radius 2 is 1.62 bits per heavy atom. The first-order valence-corrected chi connectivity index (χ1v) is 8.61. The molecule has 2 heterocycles. The van der Waals surface area contributed by atoms with Crippen LogP contribution in [-0.4, -0.2) is 27.3 Å². The van der Waals surface area contributed by atoms with E-state index in [9.17, 15) is 14.4 Å². The number of para-hydroxylation sites is 1. The van der Waals surface area contributed by atoms with Gasteiger partial charge in [0.1, 0.15) is 11.6 Å². The monoisotopic (exact) mass is 352 g/mol. The van der Waals surface area contributed by atoms with E-state index in [1.807, 2.05) is 37.5 Å². The van der Waals surface area contributed by atoms with E-state index in [-0.39, 0.29) is 23.8 Å². The van der Waals surface area contributed by atoms with Crippen molar-refractivity contribution in [1.29, 1.82) is 0 Å². The van der Waals surface area contributed by atoms with Crippen LogP contribution in [0.15, 0.2) is 36.7 Å². The number of hydrogen-bond donors (Lipinski definition) is 2. The van der Waals surface area contributed by atoms with E-state index >= 15 is 0 Å². The molecule has 5 nitrogen and oxygen atoms in total. The number of hydrogen-bond acceptors (Lipinski definition) is 3. The van der Waals surface area contributed by atoms with Crippen LogP contribution >= 0.6 is 0 Å². The fraction of sp³-hybridized carbons (Fsp3) is 0.286. The van der Waals surface area contributed by atoms with Crippen LogP contribution in [0.5, 0.6) is 0 Å². The molecule has 0 amide bonds. The van der Waals surface area contributed by atoms with Crippen LogP contribution in [0.4, 0.5) is 0 Å². The predicted octanol–water partition coefficient (Wildman–Crippen LogP) is 4.62. The molecule has 0 fully saturated rings. The summed E-state index contributed by atoms with van der Waals surface area (Å²) < 4.78 is 0. The molecule has 3 aromatic rings. The molecule has 26 heavy (non-hydrogen) atoms. The van der Waals surface area contributed by atoms with Gasteiger partial charge in [-0.1, -0.05) is 25.1 Å². The molecule has 0 aliphatic carbocycles. The van der Waals surface area contributed by atoms with E-state index in [2.05, 4.69) is 16.0 Å². The molecule has 136 valence electrons. The SMILES string of the molecule is CC(=O)c1c(-c2c[nH]c3ccccc23)c[nH]c1C.CCC(=O)CC(C)=O. The lowest BCUT2D eigenvalue weighted by Gasteiger charge is -2.00. The summed E-state index contributed by atoms with van der Waals surface area (Å²) >= 11 is 0. The predicted molar refractivity (Wildman–Crippen MR) is 103 cm³/mol. The fourth-order valence-corrected chi connectivity index (χ4v) is 2.89. The molecule has 0 aliphatic rings. The summed E-state index contributed by atoms with van der Waals surface area (Å²) in [7, 11) is 0. The third-order valence-electron chi connectivity index (χ3n) is 4.15. The van der Waals surface area contributed by atoms with Crippen LogP contribution in [-0.2, 0) is 9.59 Å². The number of aromatic nitrogens is 2. The largest absolute Gasteiger partial charge is 0.364 e. The van der Waals surface area contributed by atoms with Gasteiger partial charge in [0, 0.05) is 52.1 Å². The second-order valence-corrected chi connectivity index (χ2v) is 6.28. The fourth-order valence-electron chi connectivity index (χ4n) is 2.89. The molecule has 0 aliphatic heterocycles. The number of carbonyl (C=O) groups is 3. The number of nitrogens with one attached hydrogen (secondary N) is 2. The molecular formula is C21H24N2O3. The number of benzene rings is 1. The third kappa shape index (κ3) is 4.36. The van der Waals surface area contributed by atoms with E-state index in [1.165, 1.54) is 6.92 Å². The highest BCUT2D eigenvalue weighted by atomic mass is 16.1. The molecule has 0 bridgehead atoms. The molecule has 5 heteroatoms. The van der Waals surface area contributed by atoms with Gasteiger partial charge in [-0.05, 0) is 26.8 Å². The molecular weight excluding hydrogens is 328 g/mol. The van der Waals surface area contributed by atoms with Gasteiger partial charge in [0.15, 0.2) is 5.78 Å². The molecule has 2 aromatic heterocycles. The Morgan fingerprint density at radius 1 is 0.962 bits per heavy atom. The van der Waals surface area contributed by atoms with Gasteiger partial charge in [0.05, 0.1) is 6.42 Å². The zero-order valence-corrected chi connectivity index (χ0v) is 15.6. The maximum absolute atomic E-state index is 11.7. The minimum absolute atomic E-state index is 0.0255. The molecule has 2 N–H and O–H groups in total. The first kappa shape index (κ1) is 19.4. The number of rotatable bonds is 5. The molecule has 0 saturated heterocycles. The molecule has 0 unspecified atom stereocenters. The van der Waals surface area contributed by atoms with Crippen LogP contribution in [0.1, 0.15) is 49.7 Å². The zero-order chi connectivity index (χ0) is 19.3. The van der Waals surface area contributed by atoms with Gasteiger partial charge in [-0.2, -0.15) is 0 Å². The second-order valence-electron chi connectivity index (χ2n) is 6.28. The number of H-pyrrole nitrogens is 2. The molecule has 0 radical (unpaired) electrons. The first-order chi connectivity index (χ1) is 12.3. The van der Waals surface area contributed by atoms with Crippen molar-refractivity contribution >= 4 is 28.3 Å². The maximum atomic E-state index is 11.7. The van der Waals surface area contributed by atoms with Crippen LogP contribution in [0, 0.1) is 6.92 Å². The summed E-state index contributed by atoms with van der Waals surface area (Å²) in [6.45, 7) is 6.71. The number of aryl methyl sites for hydroxylation is 1. The van der Waals surface area contributed by atoms with Gasteiger partial charge in [-0.3, -0.25) is 14.4 Å². The number of carbonyl (C=O) groups excluding carboxylic acids is 3. The number of ketones is 3. The quantitative estimate of drug-likeness (QED) is 0.519. The summed E-state index contributed by atoms with van der Waals surface area (Å²) in [5.74, 6) is 0.0726. The van der Waals surface area contributed by atoms with Crippen molar-refractivity contribution in [2.24, 2.45) is 0 Å². The number of aromatic amines is 2. The first-order valence-electron chi connectivity index (χ1n) is 8.61. The van der Waals surface area contributed by atoms with Crippen LogP contribution in [0.2, 0.25) is 0 Å². The van der Waals surface area contributed by atoms with Gasteiger partial charge in [-0.15, -0.1) is 0 Å². The Hall–Kier alpha value is -2.95. The molecule has 0 spiro atoms. The van der Waals surface area contributed by atoms with Gasteiger partial charge in [0.25, 0.3) is 0 Å². The highest BCUT2D eigenvalue weighted by molar-refractivity contribution is 6.06. The van der Waals surface area contributed by atoms with Crippen molar-refractivity contribution in [3.63, 3.8) is 0 Å². The lowest BCUT2D eigenvalue weighted by Crippen LogP contribution is -2.01. The zero-order valence-electron chi connectivity index (χ0n) is 15.6. The average Bonchev–Trinajstić information content (AvgIpc) is 3.17. The van der Waals surface area contributed by atoms with E-state index in [4.69, 9.17) is 0 Å². The maximum Gasteiger partial charge on any atom is 0.162 e. The van der Waals surface area contributed by atoms with E-state index in [0.29, 0.717) is 6.42 Å². The lowest BCUT2D eigenvalue weighted by molar-refractivity contribution is -0.125. The third-order valence-corrected chi connectivity index (χ3v) is 4.15. The standard InChI is InChI=1S/C15H14N2O.C6H10O2/c1-9-15(10(2)18)13(8-16-9)12-7-17-14-6-4-3-5-11(12)14;1-3-6(8)4-5(2)7/h3-8,16-17H,1-2H3;3-4H2,1-2H3. The smallest absolute Gasteiger partial charge is 0.162 e. The Labute approximate surface area is 152 Å². The van der Waals surface area contributed by atoms with Crippen LogP contribution in [0.25, 0.3) is 22.0 Å².